The van der Waals surface area contributed by atoms with Crippen LogP contribution in [0.3, 0.4) is 0 Å². The molecule has 2 aliphatic carbocycles. The molecular weight excluding hydrogens is 202 g/mol. The molecule has 0 saturated heterocycles. The maximum atomic E-state index is 11.9. The molecule has 2 fully saturated rings. The van der Waals surface area contributed by atoms with Crippen LogP contribution in [-0.4, -0.2) is 5.97 Å². The molecule has 0 aromatic heterocycles. The van der Waals surface area contributed by atoms with Gasteiger partial charge < -0.3 is 4.84 Å². The fourth-order valence-corrected chi connectivity index (χ4v) is 4.14. The van der Waals surface area contributed by atoms with E-state index in [0.29, 0.717) is 17.8 Å². The Labute approximate surface area is 97.7 Å². The van der Waals surface area contributed by atoms with Crippen LogP contribution in [0.15, 0.2) is 0 Å². The first-order valence-corrected chi connectivity index (χ1v) is 6.39. The van der Waals surface area contributed by atoms with Gasteiger partial charge >= 0.3 is 5.97 Å². The quantitative estimate of drug-likeness (QED) is 0.698. The lowest BCUT2D eigenvalue weighted by atomic mass is 9.53. The van der Waals surface area contributed by atoms with E-state index in [4.69, 9.17) is 5.90 Å². The average Bonchev–Trinajstić information content (AvgIpc) is 2.24. The van der Waals surface area contributed by atoms with E-state index in [1.807, 2.05) is 0 Å². The van der Waals surface area contributed by atoms with E-state index in [2.05, 4.69) is 25.6 Å². The van der Waals surface area contributed by atoms with E-state index in [1.54, 1.807) is 0 Å². The van der Waals surface area contributed by atoms with Gasteiger partial charge in [-0.1, -0.05) is 20.8 Å². The molecule has 92 valence electrons. The minimum absolute atomic E-state index is 0.178. The number of fused-ring (bicyclic) bond motifs is 2. The van der Waals surface area contributed by atoms with E-state index in [0.717, 1.165) is 25.2 Å². The molecule has 2 rings (SSSR count). The zero-order valence-electron chi connectivity index (χ0n) is 10.5. The summed E-state index contributed by atoms with van der Waals surface area (Å²) in [5.74, 6) is 7.55. The molecule has 5 atom stereocenters. The Morgan fingerprint density at radius 2 is 1.94 bits per heavy atom. The molecule has 0 heterocycles. The van der Waals surface area contributed by atoms with Gasteiger partial charge in [-0.25, -0.2) is 4.79 Å². The maximum absolute atomic E-state index is 11.9. The van der Waals surface area contributed by atoms with E-state index < -0.39 is 0 Å². The molecule has 0 amide bonds. The summed E-state index contributed by atoms with van der Waals surface area (Å²) in [6.45, 7) is 6.82. The summed E-state index contributed by atoms with van der Waals surface area (Å²) in [5, 5.41) is 0. The van der Waals surface area contributed by atoms with Crippen LogP contribution in [0, 0.1) is 29.1 Å². The van der Waals surface area contributed by atoms with Gasteiger partial charge in [-0.15, -0.1) is 0 Å². The Kier molecular flexibility index (Phi) is 2.99. The zero-order valence-corrected chi connectivity index (χ0v) is 10.5. The Hall–Kier alpha value is -0.570. The van der Waals surface area contributed by atoms with Gasteiger partial charge in [0.15, 0.2) is 0 Å². The molecule has 3 heteroatoms. The van der Waals surface area contributed by atoms with Crippen molar-refractivity contribution in [1.29, 1.82) is 0 Å². The number of carbonyl (C=O) groups is 1. The van der Waals surface area contributed by atoms with Crippen LogP contribution in [0.2, 0.25) is 0 Å². The van der Waals surface area contributed by atoms with E-state index >= 15 is 0 Å². The van der Waals surface area contributed by atoms with Crippen LogP contribution in [0.5, 0.6) is 0 Å². The molecule has 0 aliphatic heterocycles. The van der Waals surface area contributed by atoms with Crippen molar-refractivity contribution in [2.75, 3.05) is 0 Å². The molecule has 0 spiro atoms. The van der Waals surface area contributed by atoms with Crippen molar-refractivity contribution in [3.8, 4) is 0 Å². The molecule has 16 heavy (non-hydrogen) atoms. The summed E-state index contributed by atoms with van der Waals surface area (Å²) in [6, 6.07) is 0. The number of hydrogen-bond acceptors (Lipinski definition) is 3. The first-order chi connectivity index (χ1) is 7.48. The molecule has 5 unspecified atom stereocenters. The smallest absolute Gasteiger partial charge is 0.330 e. The predicted molar refractivity (Wildman–Crippen MR) is 62.2 cm³/mol. The maximum Gasteiger partial charge on any atom is 0.330 e. The van der Waals surface area contributed by atoms with Crippen molar-refractivity contribution < 1.29 is 9.63 Å². The van der Waals surface area contributed by atoms with Crippen molar-refractivity contribution in [3.05, 3.63) is 0 Å². The lowest BCUT2D eigenvalue weighted by Gasteiger charge is -2.50. The SMILES string of the molecule is CC1CC2CC(C(=O)ON)(C1)CC(C)C2C. The van der Waals surface area contributed by atoms with Crippen molar-refractivity contribution in [3.63, 3.8) is 0 Å². The second-order valence-corrected chi connectivity index (χ2v) is 6.24. The molecule has 2 saturated carbocycles. The lowest BCUT2D eigenvalue weighted by Crippen LogP contribution is -2.48. The van der Waals surface area contributed by atoms with E-state index in [-0.39, 0.29) is 11.4 Å². The van der Waals surface area contributed by atoms with Crippen LogP contribution in [0.4, 0.5) is 0 Å². The van der Waals surface area contributed by atoms with Gasteiger partial charge in [0.2, 0.25) is 0 Å². The van der Waals surface area contributed by atoms with Gasteiger partial charge in [0.05, 0.1) is 5.41 Å². The fourth-order valence-electron chi connectivity index (χ4n) is 4.14. The van der Waals surface area contributed by atoms with E-state index in [9.17, 15) is 4.79 Å². The third kappa shape index (κ3) is 1.75. The predicted octanol–water partition coefficient (Wildman–Crippen LogP) is 2.50. The minimum Gasteiger partial charge on any atom is -0.373 e. The molecule has 0 radical (unpaired) electrons. The molecule has 3 nitrogen and oxygen atoms in total. The number of rotatable bonds is 1. The van der Waals surface area contributed by atoms with Gasteiger partial charge in [-0.05, 0) is 49.4 Å². The van der Waals surface area contributed by atoms with Crippen LogP contribution in [-0.2, 0) is 9.63 Å². The normalized spacial score (nSPS) is 47.5. The highest BCUT2D eigenvalue weighted by Crippen LogP contribution is 2.55. The Morgan fingerprint density at radius 3 is 2.56 bits per heavy atom. The summed E-state index contributed by atoms with van der Waals surface area (Å²) in [4.78, 5) is 16.5. The van der Waals surface area contributed by atoms with Crippen LogP contribution in [0.25, 0.3) is 0 Å². The summed E-state index contributed by atoms with van der Waals surface area (Å²) < 4.78 is 0. The third-order valence-corrected chi connectivity index (χ3v) is 4.99. The largest absolute Gasteiger partial charge is 0.373 e. The lowest BCUT2D eigenvalue weighted by molar-refractivity contribution is -0.168. The first-order valence-electron chi connectivity index (χ1n) is 6.39. The topological polar surface area (TPSA) is 52.3 Å². The highest BCUT2D eigenvalue weighted by atomic mass is 16.7. The van der Waals surface area contributed by atoms with Gasteiger partial charge in [0.25, 0.3) is 0 Å². The van der Waals surface area contributed by atoms with Crippen LogP contribution >= 0.6 is 0 Å². The van der Waals surface area contributed by atoms with Gasteiger partial charge in [-0.3, -0.25) is 0 Å². The molecular formula is C13H23NO2. The molecule has 2 aliphatic rings. The monoisotopic (exact) mass is 225 g/mol. The summed E-state index contributed by atoms with van der Waals surface area (Å²) >= 11 is 0. The fraction of sp³-hybridized carbons (Fsp3) is 0.923. The average molecular weight is 225 g/mol. The van der Waals surface area contributed by atoms with Crippen LogP contribution in [0.1, 0.15) is 46.5 Å². The number of carbonyl (C=O) groups excluding carboxylic acids is 1. The first kappa shape index (κ1) is 11.9. The third-order valence-electron chi connectivity index (χ3n) is 4.99. The highest BCUT2D eigenvalue weighted by molar-refractivity contribution is 5.77. The second-order valence-electron chi connectivity index (χ2n) is 6.24. The summed E-state index contributed by atoms with van der Waals surface area (Å²) in [6.07, 6.45) is 4.14. The molecule has 2 bridgehead atoms. The molecule has 0 aromatic rings. The molecule has 0 aromatic carbocycles. The van der Waals surface area contributed by atoms with Gasteiger partial charge in [0, 0.05) is 0 Å². The number of hydrogen-bond donors (Lipinski definition) is 1. The van der Waals surface area contributed by atoms with Crippen molar-refractivity contribution >= 4 is 5.97 Å². The standard InChI is InChI=1S/C13H23NO2/c1-8-4-11-7-13(5-8,12(15)16-14)6-9(2)10(11)3/h8-11H,4-7,14H2,1-3H3. The number of nitrogens with two attached hydrogens (primary N) is 1. The Balaban J connectivity index is 2.27. The van der Waals surface area contributed by atoms with Crippen molar-refractivity contribution in [2.45, 2.75) is 46.5 Å². The van der Waals surface area contributed by atoms with Crippen LogP contribution < -0.4 is 5.90 Å². The van der Waals surface area contributed by atoms with Crippen molar-refractivity contribution in [1.82, 2.24) is 0 Å². The van der Waals surface area contributed by atoms with E-state index in [1.165, 1.54) is 6.42 Å². The summed E-state index contributed by atoms with van der Waals surface area (Å²) in [5.41, 5.74) is -0.275. The minimum atomic E-state index is -0.275. The Bertz CT molecular complexity index is 288. The highest BCUT2D eigenvalue weighted by Gasteiger charge is 2.52. The second kappa shape index (κ2) is 4.02. The van der Waals surface area contributed by atoms with Crippen molar-refractivity contribution in [2.24, 2.45) is 35.0 Å². The molecule has 2 N–H and O–H groups in total. The van der Waals surface area contributed by atoms with Gasteiger partial charge in [-0.2, -0.15) is 5.90 Å². The summed E-state index contributed by atoms with van der Waals surface area (Å²) in [7, 11) is 0. The van der Waals surface area contributed by atoms with Gasteiger partial charge in [0.1, 0.15) is 0 Å². The Morgan fingerprint density at radius 1 is 1.25 bits per heavy atom. The zero-order chi connectivity index (χ0) is 11.9.